The first-order chi connectivity index (χ1) is 8.72. The molecule has 1 aliphatic carbocycles. The van der Waals surface area contributed by atoms with Crippen LogP contribution in [-0.4, -0.2) is 14.2 Å². The number of hydrogen-bond acceptors (Lipinski definition) is 3. The van der Waals surface area contributed by atoms with Gasteiger partial charge in [-0.05, 0) is 30.2 Å². The van der Waals surface area contributed by atoms with Crippen LogP contribution in [0.4, 0.5) is 0 Å². The van der Waals surface area contributed by atoms with Gasteiger partial charge in [0.15, 0.2) is 0 Å². The second kappa shape index (κ2) is 7.33. The van der Waals surface area contributed by atoms with Crippen molar-refractivity contribution in [3.63, 3.8) is 0 Å². The molecule has 0 spiro atoms. The van der Waals surface area contributed by atoms with E-state index < -0.39 is 0 Å². The molecule has 0 heterocycles. The molecular weight excluding hydrogens is 235 g/mol. The molecule has 0 saturated heterocycles. The first kappa shape index (κ1) is 15.8. The quantitative estimate of drug-likeness (QED) is 0.671. The molecule has 0 fully saturated rings. The minimum atomic E-state index is 0. The molecule has 2 rings (SSSR count). The fourth-order valence-corrected chi connectivity index (χ4v) is 2.08. The Balaban J connectivity index is 0.00000180. The number of allylic oxidation sites excluding steroid dienone is 2. The Morgan fingerprint density at radius 2 is 1.79 bits per heavy atom. The van der Waals surface area contributed by atoms with E-state index in [9.17, 15) is 5.11 Å². The van der Waals surface area contributed by atoms with E-state index in [0.29, 0.717) is 6.42 Å². The van der Waals surface area contributed by atoms with Gasteiger partial charge in [0, 0.05) is 12.3 Å². The number of hydrogen-bond donors (Lipinski definition) is 0. The van der Waals surface area contributed by atoms with Crippen LogP contribution in [0.3, 0.4) is 0 Å². The summed E-state index contributed by atoms with van der Waals surface area (Å²) in [5, 5.41) is 11.5. The van der Waals surface area contributed by atoms with Crippen molar-refractivity contribution in [1.82, 2.24) is 0 Å². The predicted octanol–water partition coefficient (Wildman–Crippen LogP) is -0.649. The zero-order valence-electron chi connectivity index (χ0n) is 11.7. The van der Waals surface area contributed by atoms with Crippen LogP contribution in [0.1, 0.15) is 24.3 Å². The third kappa shape index (κ3) is 4.09. The molecule has 0 radical (unpaired) electrons. The summed E-state index contributed by atoms with van der Waals surface area (Å²) < 4.78 is 10.4. The molecule has 0 N–H and O–H groups in total. The van der Waals surface area contributed by atoms with Crippen molar-refractivity contribution in [2.75, 3.05) is 14.2 Å². The molecule has 1 aromatic rings. The first-order valence-corrected chi connectivity index (χ1v) is 5.97. The summed E-state index contributed by atoms with van der Waals surface area (Å²) in [5.41, 5.74) is 1.16. The van der Waals surface area contributed by atoms with Gasteiger partial charge in [-0.25, -0.2) is 0 Å². The first-order valence-electron chi connectivity index (χ1n) is 5.97. The molecule has 0 unspecified atom stereocenters. The van der Waals surface area contributed by atoms with E-state index in [1.54, 1.807) is 20.3 Å². The maximum absolute atomic E-state index is 11.5. The summed E-state index contributed by atoms with van der Waals surface area (Å²) in [6, 6.07) is 7.92. The summed E-state index contributed by atoms with van der Waals surface area (Å²) in [6.07, 6.45) is 4.86. The van der Waals surface area contributed by atoms with E-state index in [-0.39, 0.29) is 30.5 Å². The van der Waals surface area contributed by atoms with Gasteiger partial charge in [0.05, 0.1) is 20.0 Å². The molecule has 0 saturated carbocycles. The van der Waals surface area contributed by atoms with E-state index in [2.05, 4.69) is 0 Å². The summed E-state index contributed by atoms with van der Waals surface area (Å²) in [6.45, 7) is 0. The van der Waals surface area contributed by atoms with Gasteiger partial charge >= 0.3 is 18.9 Å². The third-order valence-electron chi connectivity index (χ3n) is 3.14. The smallest absolute Gasteiger partial charge is 0.875 e. The van der Waals surface area contributed by atoms with Crippen LogP contribution >= 0.6 is 0 Å². The van der Waals surface area contributed by atoms with E-state index >= 15 is 0 Å². The molecule has 1 aliphatic rings. The van der Waals surface area contributed by atoms with Crippen LogP contribution in [0.15, 0.2) is 47.9 Å². The summed E-state index contributed by atoms with van der Waals surface area (Å²) in [7, 11) is 3.26. The van der Waals surface area contributed by atoms with Gasteiger partial charge in [0.2, 0.25) is 0 Å². The van der Waals surface area contributed by atoms with Gasteiger partial charge in [0.1, 0.15) is 5.75 Å². The zero-order valence-corrected chi connectivity index (χ0v) is 11.7. The Morgan fingerprint density at radius 3 is 2.37 bits per heavy atom. The number of ether oxygens (including phenoxy) is 2. The van der Waals surface area contributed by atoms with Crippen LogP contribution in [0.25, 0.3) is 0 Å². The van der Waals surface area contributed by atoms with Gasteiger partial charge in [-0.15, -0.1) is 5.76 Å². The number of rotatable bonds is 3. The second-order valence-electron chi connectivity index (χ2n) is 4.30. The largest absolute Gasteiger partial charge is 1.00 e. The van der Waals surface area contributed by atoms with Gasteiger partial charge in [-0.1, -0.05) is 18.2 Å². The van der Waals surface area contributed by atoms with E-state index in [0.717, 1.165) is 23.5 Å². The van der Waals surface area contributed by atoms with Crippen molar-refractivity contribution in [2.24, 2.45) is 0 Å². The molecule has 1 aromatic carbocycles. The predicted molar refractivity (Wildman–Crippen MR) is 68.1 cm³/mol. The van der Waals surface area contributed by atoms with Crippen LogP contribution < -0.4 is 28.7 Å². The average molecular weight is 252 g/mol. The Bertz CT molecular complexity index is 463. The van der Waals surface area contributed by atoms with Crippen molar-refractivity contribution in [2.45, 2.75) is 18.8 Å². The number of methoxy groups -OCH3 is 2. The van der Waals surface area contributed by atoms with E-state index in [1.807, 2.05) is 30.3 Å². The molecule has 1 atom stereocenters. The molecule has 0 bridgehead atoms. The molecule has 0 amide bonds. The topological polar surface area (TPSA) is 41.5 Å². The molecular formula is C15H17LiO3. The van der Waals surface area contributed by atoms with Crippen molar-refractivity contribution in [3.8, 4) is 5.75 Å². The molecule has 19 heavy (non-hydrogen) atoms. The van der Waals surface area contributed by atoms with Crippen molar-refractivity contribution >= 4 is 0 Å². The molecule has 3 nitrogen and oxygen atoms in total. The van der Waals surface area contributed by atoms with Crippen LogP contribution in [0.2, 0.25) is 0 Å². The Labute approximate surface area is 126 Å². The molecule has 0 aliphatic heterocycles. The summed E-state index contributed by atoms with van der Waals surface area (Å²) in [5.74, 6) is 1.90. The van der Waals surface area contributed by atoms with Gasteiger partial charge in [0.25, 0.3) is 0 Å². The van der Waals surface area contributed by atoms with Crippen molar-refractivity contribution < 1.29 is 33.4 Å². The Morgan fingerprint density at radius 1 is 1.11 bits per heavy atom. The average Bonchev–Trinajstić information content (AvgIpc) is 2.60. The van der Waals surface area contributed by atoms with Crippen LogP contribution in [0, 0.1) is 0 Å². The summed E-state index contributed by atoms with van der Waals surface area (Å²) in [4.78, 5) is 0. The van der Waals surface area contributed by atoms with Crippen molar-refractivity contribution in [3.05, 3.63) is 53.5 Å². The normalized spacial score (nSPS) is 18.5. The SMILES string of the molecule is COC1=C[C@@H](c2ccc(OC)cc2)CC=C([O-])C1.[Li+]. The van der Waals surface area contributed by atoms with Crippen LogP contribution in [0.5, 0.6) is 5.75 Å². The zero-order chi connectivity index (χ0) is 13.0. The van der Waals surface area contributed by atoms with Gasteiger partial charge in [-0.2, -0.15) is 0 Å². The minimum Gasteiger partial charge on any atom is -0.875 e. The maximum Gasteiger partial charge on any atom is 1.00 e. The molecule has 0 aromatic heterocycles. The monoisotopic (exact) mass is 252 g/mol. The third-order valence-corrected chi connectivity index (χ3v) is 3.14. The fraction of sp³-hybridized carbons (Fsp3) is 0.333. The van der Waals surface area contributed by atoms with Crippen LogP contribution in [-0.2, 0) is 4.74 Å². The molecule has 96 valence electrons. The summed E-state index contributed by atoms with van der Waals surface area (Å²) >= 11 is 0. The Hall–Kier alpha value is -1.30. The van der Waals surface area contributed by atoms with Crippen molar-refractivity contribution in [1.29, 1.82) is 0 Å². The fourth-order valence-electron chi connectivity index (χ4n) is 2.08. The minimum absolute atomic E-state index is 0. The molecule has 4 heteroatoms. The second-order valence-corrected chi connectivity index (χ2v) is 4.30. The van der Waals surface area contributed by atoms with Gasteiger partial charge in [-0.3, -0.25) is 0 Å². The Kier molecular flexibility index (Phi) is 6.07. The maximum atomic E-state index is 11.5. The van der Waals surface area contributed by atoms with Gasteiger partial charge < -0.3 is 14.6 Å². The standard InChI is InChI=1S/C15H18O3.Li/c1-17-14-7-4-11(5-8-14)12-3-6-13(16)10-15(9-12)18-2;/h4-9,12,16H,3,10H2,1-2H3;/q;+1/p-1/t12-;/m0./s1. The van der Waals surface area contributed by atoms with E-state index in [4.69, 9.17) is 9.47 Å². The number of benzene rings is 1. The van der Waals surface area contributed by atoms with E-state index in [1.165, 1.54) is 0 Å².